The number of piperazine rings is 1. The Hall–Kier alpha value is -0.120. The van der Waals surface area contributed by atoms with Gasteiger partial charge in [0.05, 0.1) is 0 Å². The van der Waals surface area contributed by atoms with E-state index in [1.807, 2.05) is 0 Å². The molecule has 18 heavy (non-hydrogen) atoms. The van der Waals surface area contributed by atoms with E-state index >= 15 is 0 Å². The fraction of sp³-hybridized carbons (Fsp3) is 1.00. The van der Waals surface area contributed by atoms with Crippen LogP contribution in [0.2, 0.25) is 0 Å². The van der Waals surface area contributed by atoms with Crippen LogP contribution in [0.1, 0.15) is 46.5 Å². The zero-order chi connectivity index (χ0) is 13.0. The second-order valence-corrected chi connectivity index (χ2v) is 6.13. The Kier molecular flexibility index (Phi) is 5.46. The number of likely N-dealkylation sites (tertiary alicyclic amines) is 1. The fourth-order valence-corrected chi connectivity index (χ4v) is 3.53. The van der Waals surface area contributed by atoms with E-state index in [4.69, 9.17) is 0 Å². The van der Waals surface area contributed by atoms with E-state index in [1.54, 1.807) is 0 Å². The molecule has 0 saturated carbocycles. The number of nitrogens with one attached hydrogen (secondary N) is 1. The minimum absolute atomic E-state index is 0.717. The number of hydrogen-bond acceptors (Lipinski definition) is 3. The third-order valence-electron chi connectivity index (χ3n) is 4.76. The van der Waals surface area contributed by atoms with E-state index < -0.39 is 0 Å². The highest BCUT2D eigenvalue weighted by molar-refractivity contribution is 4.89. The number of piperidine rings is 1. The maximum Gasteiger partial charge on any atom is 0.0196 e. The average Bonchev–Trinajstić information content (AvgIpc) is 2.41. The minimum Gasteiger partial charge on any atom is -0.311 e. The van der Waals surface area contributed by atoms with Crippen LogP contribution in [0, 0.1) is 0 Å². The van der Waals surface area contributed by atoms with Crippen molar-refractivity contribution in [3.8, 4) is 0 Å². The van der Waals surface area contributed by atoms with Gasteiger partial charge < -0.3 is 10.2 Å². The molecule has 0 spiro atoms. The van der Waals surface area contributed by atoms with Crippen molar-refractivity contribution in [2.45, 2.75) is 64.6 Å². The highest BCUT2D eigenvalue weighted by Gasteiger charge is 2.31. The molecule has 2 rings (SSSR count). The first-order chi connectivity index (χ1) is 8.74. The predicted octanol–water partition coefficient (Wildman–Crippen LogP) is 1.93. The van der Waals surface area contributed by atoms with Gasteiger partial charge in [0.15, 0.2) is 0 Å². The van der Waals surface area contributed by atoms with Gasteiger partial charge in [-0.25, -0.2) is 0 Å². The topological polar surface area (TPSA) is 18.5 Å². The van der Waals surface area contributed by atoms with Crippen molar-refractivity contribution in [3.05, 3.63) is 0 Å². The summed E-state index contributed by atoms with van der Waals surface area (Å²) in [5.74, 6) is 0. The first kappa shape index (κ1) is 14.3. The molecule has 0 aromatic rings. The Labute approximate surface area is 113 Å². The average molecular weight is 253 g/mol. The smallest absolute Gasteiger partial charge is 0.0196 e. The lowest BCUT2D eigenvalue weighted by atomic mass is 9.98. The molecule has 2 heterocycles. The quantitative estimate of drug-likeness (QED) is 0.826. The molecule has 0 aromatic carbocycles. The molecule has 2 fully saturated rings. The third-order valence-corrected chi connectivity index (χ3v) is 4.76. The molecule has 2 unspecified atom stereocenters. The van der Waals surface area contributed by atoms with E-state index in [1.165, 1.54) is 58.4 Å². The van der Waals surface area contributed by atoms with Crippen molar-refractivity contribution in [1.82, 2.24) is 15.1 Å². The molecule has 0 aliphatic carbocycles. The molecule has 1 N–H and O–H groups in total. The van der Waals surface area contributed by atoms with Crippen LogP contribution >= 0.6 is 0 Å². The Morgan fingerprint density at radius 3 is 2.50 bits per heavy atom. The van der Waals surface area contributed by atoms with Crippen LogP contribution in [0.5, 0.6) is 0 Å². The van der Waals surface area contributed by atoms with E-state index in [9.17, 15) is 0 Å². The van der Waals surface area contributed by atoms with Crippen LogP contribution in [0.3, 0.4) is 0 Å². The Bertz CT molecular complexity index is 236. The summed E-state index contributed by atoms with van der Waals surface area (Å²) in [4.78, 5) is 5.43. The fourth-order valence-electron chi connectivity index (χ4n) is 3.53. The number of hydrogen-bond donors (Lipinski definition) is 1. The molecule has 0 amide bonds. The van der Waals surface area contributed by atoms with Gasteiger partial charge in [-0.05, 0) is 52.2 Å². The standard InChI is InChI=1S/C15H31N3/c1-4-8-17-9-6-15(7-10-17)18-12-14(5-2)16-11-13(18)3/h13-16H,4-12H2,1-3H3. The van der Waals surface area contributed by atoms with Crippen molar-refractivity contribution in [1.29, 1.82) is 0 Å². The maximum absolute atomic E-state index is 3.66. The van der Waals surface area contributed by atoms with Gasteiger partial charge in [-0.3, -0.25) is 4.90 Å². The molecule has 0 bridgehead atoms. The number of nitrogens with zero attached hydrogens (tertiary/aromatic N) is 2. The lowest BCUT2D eigenvalue weighted by Gasteiger charge is -2.46. The SMILES string of the molecule is CCCN1CCC(N2CC(CC)NCC2C)CC1. The van der Waals surface area contributed by atoms with E-state index in [0.29, 0.717) is 0 Å². The molecule has 2 aliphatic heterocycles. The molecule has 3 heteroatoms. The Morgan fingerprint density at radius 1 is 1.17 bits per heavy atom. The van der Waals surface area contributed by atoms with Crippen LogP contribution in [0.25, 0.3) is 0 Å². The van der Waals surface area contributed by atoms with Gasteiger partial charge in [0.1, 0.15) is 0 Å². The van der Waals surface area contributed by atoms with Crippen LogP contribution < -0.4 is 5.32 Å². The highest BCUT2D eigenvalue weighted by Crippen LogP contribution is 2.21. The predicted molar refractivity (Wildman–Crippen MR) is 78.0 cm³/mol. The second-order valence-electron chi connectivity index (χ2n) is 6.13. The monoisotopic (exact) mass is 253 g/mol. The van der Waals surface area contributed by atoms with Gasteiger partial charge in [-0.1, -0.05) is 13.8 Å². The lowest BCUT2D eigenvalue weighted by Crippen LogP contribution is -2.59. The van der Waals surface area contributed by atoms with Crippen LogP contribution in [0.15, 0.2) is 0 Å². The first-order valence-electron chi connectivity index (χ1n) is 7.96. The summed E-state index contributed by atoms with van der Waals surface area (Å²) in [5.41, 5.74) is 0. The lowest BCUT2D eigenvalue weighted by molar-refractivity contribution is 0.0483. The van der Waals surface area contributed by atoms with Gasteiger partial charge in [0.25, 0.3) is 0 Å². The third kappa shape index (κ3) is 3.46. The Morgan fingerprint density at radius 2 is 1.89 bits per heavy atom. The van der Waals surface area contributed by atoms with Crippen molar-refractivity contribution in [2.24, 2.45) is 0 Å². The van der Waals surface area contributed by atoms with Crippen LogP contribution in [0.4, 0.5) is 0 Å². The summed E-state index contributed by atoms with van der Waals surface area (Å²) in [6.45, 7) is 13.3. The highest BCUT2D eigenvalue weighted by atomic mass is 15.3. The molecule has 0 aromatic heterocycles. The van der Waals surface area contributed by atoms with Crippen molar-refractivity contribution in [3.63, 3.8) is 0 Å². The van der Waals surface area contributed by atoms with Crippen molar-refractivity contribution in [2.75, 3.05) is 32.7 Å². The summed E-state index contributed by atoms with van der Waals surface area (Å²) in [5, 5.41) is 3.66. The first-order valence-corrected chi connectivity index (χ1v) is 7.96. The summed E-state index contributed by atoms with van der Waals surface area (Å²) >= 11 is 0. The minimum atomic E-state index is 0.717. The molecule has 2 atom stereocenters. The molecule has 2 aliphatic rings. The Balaban J connectivity index is 1.83. The largest absolute Gasteiger partial charge is 0.311 e. The van der Waals surface area contributed by atoms with Crippen LogP contribution in [-0.4, -0.2) is 60.6 Å². The van der Waals surface area contributed by atoms with E-state index in [2.05, 4.69) is 35.9 Å². The van der Waals surface area contributed by atoms with Gasteiger partial charge in [0.2, 0.25) is 0 Å². The summed E-state index contributed by atoms with van der Waals surface area (Å²) < 4.78 is 0. The van der Waals surface area contributed by atoms with Crippen LogP contribution in [-0.2, 0) is 0 Å². The molecular weight excluding hydrogens is 222 g/mol. The van der Waals surface area contributed by atoms with E-state index in [0.717, 1.165) is 18.1 Å². The molecule has 0 radical (unpaired) electrons. The van der Waals surface area contributed by atoms with Crippen molar-refractivity contribution >= 4 is 0 Å². The van der Waals surface area contributed by atoms with Gasteiger partial charge in [-0.15, -0.1) is 0 Å². The normalized spacial score (nSPS) is 32.8. The maximum atomic E-state index is 3.66. The number of rotatable bonds is 4. The van der Waals surface area contributed by atoms with Gasteiger partial charge in [0, 0.05) is 31.2 Å². The summed E-state index contributed by atoms with van der Waals surface area (Å²) in [7, 11) is 0. The summed E-state index contributed by atoms with van der Waals surface area (Å²) in [6, 6.07) is 2.27. The molecule has 2 saturated heterocycles. The van der Waals surface area contributed by atoms with Gasteiger partial charge in [-0.2, -0.15) is 0 Å². The zero-order valence-corrected chi connectivity index (χ0v) is 12.5. The van der Waals surface area contributed by atoms with Gasteiger partial charge >= 0.3 is 0 Å². The summed E-state index contributed by atoms with van der Waals surface area (Å²) in [6.07, 6.45) is 5.31. The van der Waals surface area contributed by atoms with E-state index in [-0.39, 0.29) is 0 Å². The second kappa shape index (κ2) is 6.88. The molecule has 3 nitrogen and oxygen atoms in total. The zero-order valence-electron chi connectivity index (χ0n) is 12.5. The molecule has 106 valence electrons. The molecular formula is C15H31N3. The van der Waals surface area contributed by atoms with Crippen molar-refractivity contribution < 1.29 is 0 Å².